The van der Waals surface area contributed by atoms with Crippen LogP contribution in [-0.2, 0) is 4.79 Å². The zero-order chi connectivity index (χ0) is 7.40. The Labute approximate surface area is 64.2 Å². The predicted molar refractivity (Wildman–Crippen MR) is 43.3 cm³/mol. The molecule has 1 amide bonds. The van der Waals surface area contributed by atoms with Crippen LogP contribution in [0.25, 0.3) is 0 Å². The first-order valence-corrected chi connectivity index (χ1v) is 3.49. The van der Waals surface area contributed by atoms with Crippen molar-refractivity contribution in [2.45, 2.75) is 0 Å². The first-order valence-electron chi connectivity index (χ1n) is 2.86. The van der Waals surface area contributed by atoms with Crippen molar-refractivity contribution < 1.29 is 4.79 Å². The maximum atomic E-state index is 10.7. The molecular formula is C6H8N2OS. The smallest absolute Gasteiger partial charge is 0.234 e. The van der Waals surface area contributed by atoms with Gasteiger partial charge < -0.3 is 10.3 Å². The lowest BCUT2D eigenvalue weighted by atomic mass is 10.5. The molecule has 1 rings (SSSR count). The molecule has 0 saturated heterocycles. The van der Waals surface area contributed by atoms with E-state index in [0.717, 1.165) is 5.69 Å². The van der Waals surface area contributed by atoms with Crippen LogP contribution in [0, 0.1) is 0 Å². The molecule has 4 heteroatoms. The average molecular weight is 156 g/mol. The number of amides is 1. The number of rotatable bonds is 2. The number of hydrogen-bond acceptors (Lipinski definition) is 2. The molecule has 0 aliphatic carbocycles. The van der Waals surface area contributed by atoms with Crippen molar-refractivity contribution in [1.82, 2.24) is 4.98 Å². The van der Waals surface area contributed by atoms with Crippen LogP contribution in [0.3, 0.4) is 0 Å². The molecule has 0 aromatic carbocycles. The van der Waals surface area contributed by atoms with Gasteiger partial charge in [0.05, 0.1) is 11.4 Å². The van der Waals surface area contributed by atoms with Crippen molar-refractivity contribution in [3.8, 4) is 0 Å². The van der Waals surface area contributed by atoms with Gasteiger partial charge in [0.2, 0.25) is 5.91 Å². The van der Waals surface area contributed by atoms with Crippen LogP contribution < -0.4 is 5.32 Å². The topological polar surface area (TPSA) is 44.9 Å². The number of carbonyl (C=O) groups is 1. The SMILES string of the molecule is O=C(CS)Nc1cc[nH]c1. The van der Waals surface area contributed by atoms with Crippen LogP contribution in [0.5, 0.6) is 0 Å². The number of carbonyl (C=O) groups excluding carboxylic acids is 1. The first-order chi connectivity index (χ1) is 4.83. The second kappa shape index (κ2) is 3.31. The number of thiol groups is 1. The minimum atomic E-state index is -0.0945. The van der Waals surface area contributed by atoms with E-state index < -0.39 is 0 Å². The lowest BCUT2D eigenvalue weighted by Gasteiger charge is -1.96. The Morgan fingerprint density at radius 2 is 2.60 bits per heavy atom. The van der Waals surface area contributed by atoms with Crippen LogP contribution in [0.1, 0.15) is 0 Å². The van der Waals surface area contributed by atoms with E-state index in [-0.39, 0.29) is 11.7 Å². The summed E-state index contributed by atoms with van der Waals surface area (Å²) in [5.41, 5.74) is 0.777. The molecule has 3 nitrogen and oxygen atoms in total. The van der Waals surface area contributed by atoms with Gasteiger partial charge in [0.1, 0.15) is 0 Å². The second-order valence-corrected chi connectivity index (χ2v) is 2.12. The Hall–Kier alpha value is -0.900. The van der Waals surface area contributed by atoms with E-state index in [9.17, 15) is 4.79 Å². The summed E-state index contributed by atoms with van der Waals surface area (Å²) in [6.07, 6.45) is 3.45. The van der Waals surface area contributed by atoms with Crippen molar-refractivity contribution in [1.29, 1.82) is 0 Å². The van der Waals surface area contributed by atoms with Gasteiger partial charge in [-0.15, -0.1) is 0 Å². The fourth-order valence-corrected chi connectivity index (χ4v) is 0.681. The van der Waals surface area contributed by atoms with Gasteiger partial charge in [-0.25, -0.2) is 0 Å². The summed E-state index contributed by atoms with van der Waals surface area (Å²) >= 11 is 3.80. The van der Waals surface area contributed by atoms with Crippen LogP contribution in [0.15, 0.2) is 18.5 Å². The summed E-state index contributed by atoms with van der Waals surface area (Å²) in [6, 6.07) is 1.78. The van der Waals surface area contributed by atoms with E-state index in [1.165, 1.54) is 0 Å². The maximum absolute atomic E-state index is 10.7. The van der Waals surface area contributed by atoms with E-state index in [2.05, 4.69) is 22.9 Å². The molecule has 0 unspecified atom stereocenters. The third-order valence-electron chi connectivity index (χ3n) is 1.03. The molecule has 0 aliphatic heterocycles. The van der Waals surface area contributed by atoms with Crippen molar-refractivity contribution in [3.63, 3.8) is 0 Å². The monoisotopic (exact) mass is 156 g/mol. The van der Waals surface area contributed by atoms with Gasteiger partial charge in [-0.3, -0.25) is 4.79 Å². The number of aromatic nitrogens is 1. The van der Waals surface area contributed by atoms with Gasteiger partial charge in [0, 0.05) is 12.4 Å². The lowest BCUT2D eigenvalue weighted by molar-refractivity contribution is -0.113. The Morgan fingerprint density at radius 1 is 1.80 bits per heavy atom. The fraction of sp³-hybridized carbons (Fsp3) is 0.167. The van der Waals surface area contributed by atoms with Gasteiger partial charge in [0.25, 0.3) is 0 Å². The molecule has 0 radical (unpaired) electrons. The van der Waals surface area contributed by atoms with E-state index in [0.29, 0.717) is 0 Å². The zero-order valence-corrected chi connectivity index (χ0v) is 6.19. The van der Waals surface area contributed by atoms with E-state index >= 15 is 0 Å². The molecule has 0 fully saturated rings. The normalized spacial score (nSPS) is 9.30. The predicted octanol–water partition coefficient (Wildman–Crippen LogP) is 0.883. The molecule has 1 heterocycles. The molecule has 0 bridgehead atoms. The van der Waals surface area contributed by atoms with E-state index in [1.54, 1.807) is 18.5 Å². The molecule has 0 atom stereocenters. The quantitative estimate of drug-likeness (QED) is 0.547. The highest BCUT2D eigenvalue weighted by atomic mass is 32.1. The standard InChI is InChI=1S/C6H8N2OS/c9-6(4-10)8-5-1-2-7-3-5/h1-3,7,10H,4H2,(H,8,9). The zero-order valence-electron chi connectivity index (χ0n) is 5.29. The third-order valence-corrected chi connectivity index (χ3v) is 1.31. The summed E-state index contributed by atoms with van der Waals surface area (Å²) in [4.78, 5) is 13.5. The number of nitrogens with one attached hydrogen (secondary N) is 2. The van der Waals surface area contributed by atoms with Crippen molar-refractivity contribution in [2.24, 2.45) is 0 Å². The second-order valence-electron chi connectivity index (χ2n) is 1.81. The number of aromatic amines is 1. The van der Waals surface area contributed by atoms with Crippen LogP contribution in [0.2, 0.25) is 0 Å². The average Bonchev–Trinajstić information content (AvgIpc) is 2.40. The Kier molecular flexibility index (Phi) is 2.39. The maximum Gasteiger partial charge on any atom is 0.234 e. The minimum absolute atomic E-state index is 0.0945. The highest BCUT2D eigenvalue weighted by molar-refractivity contribution is 7.81. The van der Waals surface area contributed by atoms with Crippen molar-refractivity contribution in [2.75, 3.05) is 11.1 Å². The molecule has 0 spiro atoms. The molecule has 0 saturated carbocycles. The van der Waals surface area contributed by atoms with E-state index in [1.807, 2.05) is 0 Å². The Balaban J connectivity index is 2.48. The van der Waals surface area contributed by atoms with Gasteiger partial charge >= 0.3 is 0 Å². The molecule has 10 heavy (non-hydrogen) atoms. The molecule has 54 valence electrons. The highest BCUT2D eigenvalue weighted by Crippen LogP contribution is 2.02. The summed E-state index contributed by atoms with van der Waals surface area (Å²) in [5, 5.41) is 2.62. The van der Waals surface area contributed by atoms with Gasteiger partial charge in [0.15, 0.2) is 0 Å². The Morgan fingerprint density at radius 3 is 3.10 bits per heavy atom. The molecule has 1 aromatic heterocycles. The Bertz CT molecular complexity index is 208. The fourth-order valence-electron chi connectivity index (χ4n) is 0.602. The first kappa shape index (κ1) is 7.21. The highest BCUT2D eigenvalue weighted by Gasteiger charge is 1.96. The van der Waals surface area contributed by atoms with Gasteiger partial charge in [-0.05, 0) is 6.07 Å². The molecule has 0 aliphatic rings. The van der Waals surface area contributed by atoms with Gasteiger partial charge in [-0.2, -0.15) is 12.6 Å². The third kappa shape index (κ3) is 1.80. The lowest BCUT2D eigenvalue weighted by Crippen LogP contribution is -2.11. The number of anilines is 1. The van der Waals surface area contributed by atoms with Crippen LogP contribution in [0.4, 0.5) is 5.69 Å². The minimum Gasteiger partial charge on any atom is -0.366 e. The molecular weight excluding hydrogens is 148 g/mol. The summed E-state index contributed by atoms with van der Waals surface area (Å²) < 4.78 is 0. The van der Waals surface area contributed by atoms with Crippen LogP contribution in [-0.4, -0.2) is 16.6 Å². The summed E-state index contributed by atoms with van der Waals surface area (Å²) in [5.74, 6) is 0.119. The van der Waals surface area contributed by atoms with Crippen molar-refractivity contribution >= 4 is 24.2 Å². The summed E-state index contributed by atoms with van der Waals surface area (Å²) in [6.45, 7) is 0. The summed E-state index contributed by atoms with van der Waals surface area (Å²) in [7, 11) is 0. The molecule has 2 N–H and O–H groups in total. The van der Waals surface area contributed by atoms with Crippen molar-refractivity contribution in [3.05, 3.63) is 18.5 Å². The largest absolute Gasteiger partial charge is 0.366 e. The van der Waals surface area contributed by atoms with E-state index in [4.69, 9.17) is 0 Å². The number of hydrogen-bond donors (Lipinski definition) is 3. The van der Waals surface area contributed by atoms with Gasteiger partial charge in [-0.1, -0.05) is 0 Å². The number of H-pyrrole nitrogens is 1. The van der Waals surface area contributed by atoms with Crippen LogP contribution >= 0.6 is 12.6 Å². The molecule has 1 aromatic rings.